The number of carbonyl (C=O) groups is 2. The molecule has 4 rings (SSSR count). The minimum atomic E-state index is -5.08. The number of carboxylic acids is 1. The first-order chi connectivity index (χ1) is 17.2. The molecule has 8 nitrogen and oxygen atoms in total. The Balaban J connectivity index is 0.000000454. The van der Waals surface area contributed by atoms with Gasteiger partial charge in [0.05, 0.1) is 6.20 Å². The second-order valence-corrected chi connectivity index (χ2v) is 7.82. The molecule has 1 amide bonds. The van der Waals surface area contributed by atoms with Crippen molar-refractivity contribution in [1.82, 2.24) is 24.1 Å². The Morgan fingerprint density at radius 3 is 2.36 bits per heavy atom. The van der Waals surface area contributed by atoms with Crippen LogP contribution in [0.1, 0.15) is 37.2 Å². The third kappa shape index (κ3) is 6.09. The zero-order valence-corrected chi connectivity index (χ0v) is 19.8. The number of alkyl halides is 3. The Bertz CT molecular complexity index is 1320. The molecule has 0 radical (unpaired) electrons. The summed E-state index contributed by atoms with van der Waals surface area (Å²) in [4.78, 5) is 28.1. The second kappa shape index (κ2) is 11.5. The molecular weight excluding hydrogens is 475 g/mol. The van der Waals surface area contributed by atoms with Gasteiger partial charge in [-0.05, 0) is 49.2 Å². The first kappa shape index (κ1) is 26.5. The molecule has 36 heavy (non-hydrogen) atoms. The summed E-state index contributed by atoms with van der Waals surface area (Å²) in [5.74, 6) is -1.91. The largest absolute Gasteiger partial charge is 0.490 e. The molecule has 0 aliphatic heterocycles. The van der Waals surface area contributed by atoms with Crippen LogP contribution in [-0.2, 0) is 4.79 Å². The van der Waals surface area contributed by atoms with E-state index in [0.29, 0.717) is 12.2 Å². The molecule has 0 spiro atoms. The minimum Gasteiger partial charge on any atom is -0.475 e. The fraction of sp³-hybridized carbons (Fsp3) is 0.280. The smallest absolute Gasteiger partial charge is 0.475 e. The van der Waals surface area contributed by atoms with Gasteiger partial charge in [0, 0.05) is 42.8 Å². The van der Waals surface area contributed by atoms with Crippen LogP contribution in [0.15, 0.2) is 67.3 Å². The van der Waals surface area contributed by atoms with Crippen LogP contribution >= 0.6 is 0 Å². The third-order valence-corrected chi connectivity index (χ3v) is 5.40. The predicted octanol–water partition coefficient (Wildman–Crippen LogP) is 5.08. The van der Waals surface area contributed by atoms with Crippen LogP contribution in [0, 0.1) is 0 Å². The molecule has 1 N–H and O–H groups in total. The molecule has 4 aromatic heterocycles. The lowest BCUT2D eigenvalue weighted by Gasteiger charge is -2.21. The van der Waals surface area contributed by atoms with E-state index in [9.17, 15) is 18.0 Å². The summed E-state index contributed by atoms with van der Waals surface area (Å²) in [7, 11) is 0. The van der Waals surface area contributed by atoms with Gasteiger partial charge < -0.3 is 14.4 Å². The van der Waals surface area contributed by atoms with Crippen molar-refractivity contribution < 1.29 is 27.9 Å². The molecule has 0 aromatic carbocycles. The van der Waals surface area contributed by atoms with Gasteiger partial charge in [0.2, 0.25) is 0 Å². The van der Waals surface area contributed by atoms with Crippen molar-refractivity contribution in [2.24, 2.45) is 0 Å². The van der Waals surface area contributed by atoms with Crippen molar-refractivity contribution in [2.45, 2.75) is 32.9 Å². The number of aliphatic carboxylic acids is 1. The monoisotopic (exact) mass is 501 g/mol. The minimum absolute atomic E-state index is 0.0109. The van der Waals surface area contributed by atoms with Crippen molar-refractivity contribution >= 4 is 17.4 Å². The maximum Gasteiger partial charge on any atom is 0.490 e. The number of aromatic nitrogens is 4. The van der Waals surface area contributed by atoms with Gasteiger partial charge in [-0.25, -0.2) is 9.48 Å². The van der Waals surface area contributed by atoms with E-state index in [2.05, 4.69) is 39.7 Å². The van der Waals surface area contributed by atoms with E-state index in [1.807, 2.05) is 42.3 Å². The lowest BCUT2D eigenvalue weighted by Crippen LogP contribution is -2.33. The van der Waals surface area contributed by atoms with E-state index < -0.39 is 12.1 Å². The quantitative estimate of drug-likeness (QED) is 0.381. The van der Waals surface area contributed by atoms with Crippen LogP contribution in [0.3, 0.4) is 0 Å². The van der Waals surface area contributed by atoms with E-state index >= 15 is 0 Å². The summed E-state index contributed by atoms with van der Waals surface area (Å²) in [5.41, 5.74) is 3.72. The molecule has 0 bridgehead atoms. The number of amides is 1. The lowest BCUT2D eigenvalue weighted by molar-refractivity contribution is -0.192. The highest BCUT2D eigenvalue weighted by molar-refractivity contribution is 5.93. The Labute approximate surface area is 205 Å². The molecule has 4 heterocycles. The van der Waals surface area contributed by atoms with Crippen molar-refractivity contribution in [3.8, 4) is 16.9 Å². The number of rotatable bonds is 7. The van der Waals surface area contributed by atoms with Crippen LogP contribution in [0.4, 0.5) is 13.2 Å². The molecule has 190 valence electrons. The molecule has 0 aliphatic rings. The fourth-order valence-corrected chi connectivity index (χ4v) is 3.53. The van der Waals surface area contributed by atoms with Gasteiger partial charge in [-0.2, -0.15) is 18.3 Å². The van der Waals surface area contributed by atoms with Gasteiger partial charge in [-0.3, -0.25) is 9.78 Å². The fourth-order valence-electron chi connectivity index (χ4n) is 3.53. The highest BCUT2D eigenvalue weighted by Crippen LogP contribution is 2.23. The topological polar surface area (TPSA) is 92.7 Å². The number of hydrogen-bond donors (Lipinski definition) is 1. The van der Waals surface area contributed by atoms with Gasteiger partial charge >= 0.3 is 12.1 Å². The van der Waals surface area contributed by atoms with Crippen LogP contribution < -0.4 is 0 Å². The lowest BCUT2D eigenvalue weighted by atomic mass is 10.1. The molecule has 4 aromatic rings. The van der Waals surface area contributed by atoms with Gasteiger partial charge in [0.25, 0.3) is 5.91 Å². The Kier molecular flexibility index (Phi) is 8.46. The molecule has 0 aliphatic carbocycles. The molecule has 0 unspecified atom stereocenters. The van der Waals surface area contributed by atoms with Gasteiger partial charge in [-0.15, -0.1) is 0 Å². The zero-order valence-electron chi connectivity index (χ0n) is 19.8. The predicted molar refractivity (Wildman–Crippen MR) is 128 cm³/mol. The summed E-state index contributed by atoms with van der Waals surface area (Å²) in [6.07, 6.45) is 4.33. The number of fused-ring (bicyclic) bond motifs is 1. The highest BCUT2D eigenvalue weighted by Gasteiger charge is 2.38. The van der Waals surface area contributed by atoms with Crippen molar-refractivity contribution in [1.29, 1.82) is 0 Å². The van der Waals surface area contributed by atoms with E-state index in [1.54, 1.807) is 23.1 Å². The van der Waals surface area contributed by atoms with E-state index in [-0.39, 0.29) is 5.91 Å². The normalized spacial score (nSPS) is 11.1. The van der Waals surface area contributed by atoms with Crippen molar-refractivity contribution in [3.63, 3.8) is 0 Å². The SMILES string of the molecule is CCCCN(CC)C(=O)c1ccnn1-c1ccc2ccc(-c3cccnc3)cn12.O=C(O)C(F)(F)F. The molecule has 11 heteroatoms. The Morgan fingerprint density at radius 2 is 1.75 bits per heavy atom. The first-order valence-corrected chi connectivity index (χ1v) is 11.3. The summed E-state index contributed by atoms with van der Waals surface area (Å²) >= 11 is 0. The number of nitrogens with zero attached hydrogens (tertiary/aromatic N) is 5. The maximum absolute atomic E-state index is 13.1. The number of hydrogen-bond acceptors (Lipinski definition) is 4. The molecule has 0 saturated carbocycles. The molecular formula is C25H26F3N5O3. The number of pyridine rings is 2. The number of carboxylic acid groups (broad SMARTS) is 1. The third-order valence-electron chi connectivity index (χ3n) is 5.40. The standard InChI is InChI=1S/C23H25N5O.C2HF3O2/c1-3-5-15-26(4-2)23(29)21-12-14-25-28(21)22-11-10-20-9-8-19(17-27(20)22)18-7-6-13-24-16-18;3-2(4,5)1(6)7/h6-14,16-17H,3-5,15H2,1-2H3;(H,6,7). The molecule has 0 atom stereocenters. The van der Waals surface area contributed by atoms with Crippen molar-refractivity contribution in [3.05, 3.63) is 72.9 Å². The van der Waals surface area contributed by atoms with Gasteiger partial charge in [-0.1, -0.05) is 25.5 Å². The first-order valence-electron chi connectivity index (χ1n) is 11.3. The Morgan fingerprint density at radius 1 is 1.03 bits per heavy atom. The van der Waals surface area contributed by atoms with E-state index in [4.69, 9.17) is 9.90 Å². The highest BCUT2D eigenvalue weighted by atomic mass is 19.4. The van der Waals surface area contributed by atoms with Crippen LogP contribution in [0.25, 0.3) is 22.5 Å². The zero-order chi connectivity index (χ0) is 26.3. The number of halogens is 3. The van der Waals surface area contributed by atoms with Crippen LogP contribution in [0.2, 0.25) is 0 Å². The van der Waals surface area contributed by atoms with Gasteiger partial charge in [0.15, 0.2) is 0 Å². The molecule has 0 fully saturated rings. The maximum atomic E-state index is 13.1. The van der Waals surface area contributed by atoms with Crippen LogP contribution in [0.5, 0.6) is 0 Å². The average Bonchev–Trinajstić information content (AvgIpc) is 3.51. The van der Waals surface area contributed by atoms with Gasteiger partial charge in [0.1, 0.15) is 11.5 Å². The summed E-state index contributed by atoms with van der Waals surface area (Å²) in [6.45, 7) is 5.59. The second-order valence-electron chi connectivity index (χ2n) is 7.82. The Hall–Kier alpha value is -4.15. The van der Waals surface area contributed by atoms with Crippen molar-refractivity contribution in [2.75, 3.05) is 13.1 Å². The number of carbonyl (C=O) groups excluding carboxylic acids is 1. The summed E-state index contributed by atoms with van der Waals surface area (Å²) in [6, 6.07) is 13.9. The molecule has 0 saturated heterocycles. The van der Waals surface area contributed by atoms with Crippen LogP contribution in [-0.4, -0.2) is 60.3 Å². The van der Waals surface area contributed by atoms with E-state index in [1.165, 1.54) is 0 Å². The number of unbranched alkanes of at least 4 members (excludes halogenated alkanes) is 1. The summed E-state index contributed by atoms with van der Waals surface area (Å²) in [5, 5.41) is 11.6. The van der Waals surface area contributed by atoms with E-state index in [0.717, 1.165) is 41.8 Å². The summed E-state index contributed by atoms with van der Waals surface area (Å²) < 4.78 is 35.5. The average molecular weight is 502 g/mol.